The minimum atomic E-state index is -0.346. The van der Waals surface area contributed by atoms with E-state index in [1.165, 1.54) is 18.3 Å². The van der Waals surface area contributed by atoms with Gasteiger partial charge in [-0.1, -0.05) is 48.5 Å². The number of halogens is 1. The summed E-state index contributed by atoms with van der Waals surface area (Å²) in [6.45, 7) is 0. The number of imidazole rings is 1. The lowest BCUT2D eigenvalue weighted by molar-refractivity contribution is 0.0955. The zero-order valence-corrected chi connectivity index (χ0v) is 15.3. The fraction of sp³-hybridized carbons (Fsp3) is 0. The van der Waals surface area contributed by atoms with Crippen LogP contribution in [0.1, 0.15) is 27.3 Å². The van der Waals surface area contributed by atoms with Gasteiger partial charge in [0.2, 0.25) is 0 Å². The van der Waals surface area contributed by atoms with Crippen molar-refractivity contribution in [1.29, 1.82) is 0 Å². The quantitative estimate of drug-likeness (QED) is 0.389. The van der Waals surface area contributed by atoms with Gasteiger partial charge in [0, 0.05) is 5.56 Å². The molecule has 0 spiro atoms. The van der Waals surface area contributed by atoms with E-state index in [1.54, 1.807) is 30.3 Å². The van der Waals surface area contributed by atoms with Crippen molar-refractivity contribution in [2.24, 2.45) is 5.10 Å². The van der Waals surface area contributed by atoms with Crippen molar-refractivity contribution in [2.75, 3.05) is 0 Å². The number of amides is 1. The normalized spacial score (nSPS) is 11.5. The van der Waals surface area contributed by atoms with Gasteiger partial charge < -0.3 is 4.98 Å². The molecule has 2 N–H and O–H groups in total. The monoisotopic (exact) mass is 384 g/mol. The standard InChI is InChI=1S/C23H17FN4O/c24-19-10-6-17(7-11-19)15-25-28-23(29)18-9-12-20-21(14-18)27-22(26-20)13-8-16-4-2-1-3-5-16/h1-15H,(H,26,27)(H,28,29)/b13-8+,25-15+. The van der Waals surface area contributed by atoms with Crippen molar-refractivity contribution in [1.82, 2.24) is 15.4 Å². The number of hydrazone groups is 1. The smallest absolute Gasteiger partial charge is 0.271 e. The lowest BCUT2D eigenvalue weighted by Crippen LogP contribution is -2.17. The summed E-state index contributed by atoms with van der Waals surface area (Å²) in [7, 11) is 0. The molecule has 0 aliphatic heterocycles. The van der Waals surface area contributed by atoms with Crippen LogP contribution in [0.5, 0.6) is 0 Å². The van der Waals surface area contributed by atoms with Crippen LogP contribution in [0.25, 0.3) is 23.2 Å². The summed E-state index contributed by atoms with van der Waals surface area (Å²) in [4.78, 5) is 20.0. The van der Waals surface area contributed by atoms with Crippen LogP contribution in [0.4, 0.5) is 4.39 Å². The van der Waals surface area contributed by atoms with Gasteiger partial charge in [0.1, 0.15) is 11.6 Å². The molecule has 0 saturated heterocycles. The predicted molar refractivity (Wildman–Crippen MR) is 113 cm³/mol. The maximum absolute atomic E-state index is 12.9. The Morgan fingerprint density at radius 2 is 1.76 bits per heavy atom. The average Bonchev–Trinajstić information content (AvgIpc) is 3.16. The van der Waals surface area contributed by atoms with Crippen LogP contribution in [0, 0.1) is 5.82 Å². The molecular weight excluding hydrogens is 367 g/mol. The van der Waals surface area contributed by atoms with Crippen LogP contribution in [0.2, 0.25) is 0 Å². The number of aromatic amines is 1. The molecule has 0 saturated carbocycles. The first-order chi connectivity index (χ1) is 14.2. The number of aromatic nitrogens is 2. The number of hydrogen-bond acceptors (Lipinski definition) is 3. The first-order valence-electron chi connectivity index (χ1n) is 8.99. The Morgan fingerprint density at radius 3 is 2.55 bits per heavy atom. The van der Waals surface area contributed by atoms with Crippen LogP contribution >= 0.6 is 0 Å². The van der Waals surface area contributed by atoms with E-state index in [4.69, 9.17) is 0 Å². The van der Waals surface area contributed by atoms with Gasteiger partial charge in [0.25, 0.3) is 5.91 Å². The number of hydrogen-bond donors (Lipinski definition) is 2. The Balaban J connectivity index is 1.46. The predicted octanol–water partition coefficient (Wildman–Crippen LogP) is 4.64. The molecule has 1 heterocycles. The fourth-order valence-corrected chi connectivity index (χ4v) is 2.77. The molecule has 3 aromatic carbocycles. The Morgan fingerprint density at radius 1 is 0.966 bits per heavy atom. The summed E-state index contributed by atoms with van der Waals surface area (Å²) >= 11 is 0. The Kier molecular flexibility index (Phi) is 5.25. The number of carbonyl (C=O) groups is 1. The van der Waals surface area contributed by atoms with Gasteiger partial charge in [0.15, 0.2) is 0 Å². The van der Waals surface area contributed by atoms with E-state index < -0.39 is 0 Å². The van der Waals surface area contributed by atoms with E-state index in [1.807, 2.05) is 42.5 Å². The molecule has 0 atom stereocenters. The molecule has 0 aliphatic rings. The third kappa shape index (κ3) is 4.62. The van der Waals surface area contributed by atoms with Crippen LogP contribution < -0.4 is 5.43 Å². The third-order valence-corrected chi connectivity index (χ3v) is 4.25. The van der Waals surface area contributed by atoms with Gasteiger partial charge in [-0.2, -0.15) is 5.10 Å². The summed E-state index contributed by atoms with van der Waals surface area (Å²) in [5, 5.41) is 3.91. The highest BCUT2D eigenvalue weighted by Gasteiger charge is 2.07. The van der Waals surface area contributed by atoms with Crippen LogP contribution in [0.15, 0.2) is 77.9 Å². The maximum atomic E-state index is 12.9. The summed E-state index contributed by atoms with van der Waals surface area (Å²) in [6.07, 6.45) is 5.32. The largest absolute Gasteiger partial charge is 0.338 e. The number of nitrogens with one attached hydrogen (secondary N) is 2. The number of H-pyrrole nitrogens is 1. The zero-order valence-electron chi connectivity index (χ0n) is 15.3. The number of nitrogens with zero attached hydrogens (tertiary/aromatic N) is 2. The van der Waals surface area contributed by atoms with E-state index in [0.717, 1.165) is 16.6 Å². The van der Waals surface area contributed by atoms with Crippen molar-refractivity contribution >= 4 is 35.3 Å². The second-order valence-electron chi connectivity index (χ2n) is 6.35. The molecule has 0 bridgehead atoms. The van der Waals surface area contributed by atoms with Gasteiger partial charge in [-0.3, -0.25) is 4.79 Å². The Bertz CT molecular complexity index is 1190. The molecule has 29 heavy (non-hydrogen) atoms. The highest BCUT2D eigenvalue weighted by Crippen LogP contribution is 2.15. The van der Waals surface area contributed by atoms with E-state index in [2.05, 4.69) is 20.5 Å². The van der Waals surface area contributed by atoms with Gasteiger partial charge in [-0.25, -0.2) is 14.8 Å². The minimum absolute atomic E-state index is 0.322. The molecule has 0 fully saturated rings. The number of rotatable bonds is 5. The van der Waals surface area contributed by atoms with E-state index >= 15 is 0 Å². The van der Waals surface area contributed by atoms with E-state index in [9.17, 15) is 9.18 Å². The average molecular weight is 384 g/mol. The van der Waals surface area contributed by atoms with E-state index in [0.29, 0.717) is 17.0 Å². The molecule has 4 rings (SSSR count). The minimum Gasteiger partial charge on any atom is -0.338 e. The lowest BCUT2D eigenvalue weighted by atomic mass is 10.2. The number of carbonyl (C=O) groups excluding carboxylic acids is 1. The van der Waals surface area contributed by atoms with Gasteiger partial charge in [-0.15, -0.1) is 0 Å². The molecular formula is C23H17FN4O. The maximum Gasteiger partial charge on any atom is 0.271 e. The molecule has 6 heteroatoms. The highest BCUT2D eigenvalue weighted by molar-refractivity contribution is 5.98. The second-order valence-corrected chi connectivity index (χ2v) is 6.35. The molecule has 0 unspecified atom stereocenters. The molecule has 142 valence electrons. The third-order valence-electron chi connectivity index (χ3n) is 4.25. The van der Waals surface area contributed by atoms with Crippen molar-refractivity contribution in [3.8, 4) is 0 Å². The van der Waals surface area contributed by atoms with Gasteiger partial charge in [-0.05, 0) is 47.5 Å². The first-order valence-corrected chi connectivity index (χ1v) is 8.99. The van der Waals surface area contributed by atoms with E-state index in [-0.39, 0.29) is 11.7 Å². The number of fused-ring (bicyclic) bond motifs is 1. The highest BCUT2D eigenvalue weighted by atomic mass is 19.1. The zero-order chi connectivity index (χ0) is 20.1. The van der Waals surface area contributed by atoms with Crippen molar-refractivity contribution in [3.05, 3.63) is 101 Å². The molecule has 0 aliphatic carbocycles. The Hall–Kier alpha value is -4.06. The fourth-order valence-electron chi connectivity index (χ4n) is 2.77. The Labute approximate surface area is 166 Å². The molecule has 4 aromatic rings. The lowest BCUT2D eigenvalue weighted by Gasteiger charge is -1.99. The SMILES string of the molecule is O=C(N/N=C/c1ccc(F)cc1)c1ccc2nc(/C=C/c3ccccc3)[nH]c2c1. The van der Waals surface area contributed by atoms with Crippen molar-refractivity contribution in [2.45, 2.75) is 0 Å². The van der Waals surface area contributed by atoms with Crippen LogP contribution in [0.3, 0.4) is 0 Å². The second kappa shape index (κ2) is 8.31. The van der Waals surface area contributed by atoms with Crippen LogP contribution in [-0.4, -0.2) is 22.1 Å². The summed E-state index contributed by atoms with van der Waals surface area (Å²) in [5.74, 6) is 0.0361. The van der Waals surface area contributed by atoms with Crippen molar-refractivity contribution in [3.63, 3.8) is 0 Å². The van der Waals surface area contributed by atoms with Crippen molar-refractivity contribution < 1.29 is 9.18 Å². The molecule has 5 nitrogen and oxygen atoms in total. The number of benzene rings is 3. The summed E-state index contributed by atoms with van der Waals surface area (Å²) in [5.41, 5.74) is 6.21. The first kappa shape index (κ1) is 18.3. The van der Waals surface area contributed by atoms with Gasteiger partial charge in [0.05, 0.1) is 17.2 Å². The van der Waals surface area contributed by atoms with Gasteiger partial charge >= 0.3 is 0 Å². The molecule has 1 aromatic heterocycles. The molecule has 1 amide bonds. The van der Waals surface area contributed by atoms with Crippen LogP contribution in [-0.2, 0) is 0 Å². The topological polar surface area (TPSA) is 70.1 Å². The summed E-state index contributed by atoms with van der Waals surface area (Å²) < 4.78 is 12.9. The summed E-state index contributed by atoms with van der Waals surface area (Å²) in [6, 6.07) is 20.9. The molecule has 0 radical (unpaired) electrons.